The van der Waals surface area contributed by atoms with Crippen LogP contribution in [0.15, 0.2) is 140 Å². The molecule has 1 radical (unpaired) electrons. The van der Waals surface area contributed by atoms with Gasteiger partial charge in [-0.15, -0.1) is 71.3 Å². The van der Waals surface area contributed by atoms with Crippen molar-refractivity contribution in [1.29, 1.82) is 0 Å². The molecule has 0 amide bonds. The minimum absolute atomic E-state index is 0. The molecule has 0 aliphatic rings. The molecule has 0 bridgehead atoms. The zero-order valence-corrected chi connectivity index (χ0v) is 28.3. The van der Waals surface area contributed by atoms with Crippen molar-refractivity contribution in [3.8, 4) is 22.5 Å². The van der Waals surface area contributed by atoms with Gasteiger partial charge in [0.15, 0.2) is 0 Å². The minimum Gasteiger partial charge on any atom is -0.305 e. The van der Waals surface area contributed by atoms with Gasteiger partial charge in [0.25, 0.3) is 0 Å². The SMILES string of the molecule is C[Si](C)(C)c1ccnc(-c2[c-]cc(Cc3ccccc3)cc2)c1.[Ir].[c-]1ccccc1-c1cc(Cc2ccccc2)ccn1. The normalized spacial score (nSPS) is 10.7. The van der Waals surface area contributed by atoms with Crippen LogP contribution in [0, 0.1) is 12.1 Å². The van der Waals surface area contributed by atoms with Gasteiger partial charge in [-0.25, -0.2) is 0 Å². The van der Waals surface area contributed by atoms with E-state index in [2.05, 4.69) is 139 Å². The summed E-state index contributed by atoms with van der Waals surface area (Å²) in [5.74, 6) is 0. The van der Waals surface area contributed by atoms with Crippen molar-refractivity contribution >= 4 is 13.3 Å². The summed E-state index contributed by atoms with van der Waals surface area (Å²) < 4.78 is 0. The molecule has 0 N–H and O–H groups in total. The standard InChI is InChI=1S/C21H22NSi.C18H14N.Ir/c1-23(2,3)20-13-14-22-21(16-20)19-11-9-18(10-12-19)15-17-7-5-4-6-8-17;1-3-7-15(8-4-1)13-16-11-12-19-18(14-16)17-9-5-2-6-10-17;/h4-11,13-14,16H,15H2,1-3H3;1-9,11-12,14H,13H2;/q2*-1;. The molecular weight excluding hydrogens is 717 g/mol. The third-order valence-corrected chi connectivity index (χ3v) is 9.13. The minimum atomic E-state index is -1.31. The van der Waals surface area contributed by atoms with E-state index in [0.29, 0.717) is 0 Å². The quantitative estimate of drug-likeness (QED) is 0.120. The van der Waals surface area contributed by atoms with Crippen molar-refractivity contribution in [1.82, 2.24) is 9.97 Å². The summed E-state index contributed by atoms with van der Waals surface area (Å²) in [6.45, 7) is 7.08. The van der Waals surface area contributed by atoms with Gasteiger partial charge in [0.05, 0.1) is 8.07 Å². The Hall–Kier alpha value is -3.95. The van der Waals surface area contributed by atoms with Gasteiger partial charge >= 0.3 is 0 Å². The van der Waals surface area contributed by atoms with Crippen molar-refractivity contribution < 1.29 is 20.1 Å². The summed E-state index contributed by atoms with van der Waals surface area (Å²) >= 11 is 0. The van der Waals surface area contributed by atoms with E-state index in [1.807, 2.05) is 42.7 Å². The summed E-state index contributed by atoms with van der Waals surface area (Å²) in [5, 5.41) is 1.43. The maximum Gasteiger partial charge on any atom is 0.0767 e. The van der Waals surface area contributed by atoms with Crippen molar-refractivity contribution in [3.05, 3.63) is 174 Å². The van der Waals surface area contributed by atoms with Gasteiger partial charge in [-0.2, -0.15) is 0 Å². The number of hydrogen-bond acceptors (Lipinski definition) is 2. The zero-order chi connectivity index (χ0) is 29.2. The van der Waals surface area contributed by atoms with Crippen LogP contribution in [0.3, 0.4) is 0 Å². The van der Waals surface area contributed by atoms with Gasteiger partial charge in [-0.1, -0.05) is 103 Å². The molecule has 0 aliphatic heterocycles. The molecule has 4 heteroatoms. The second kappa shape index (κ2) is 15.5. The first kappa shape index (κ1) is 32.0. The summed E-state index contributed by atoms with van der Waals surface area (Å²) in [6, 6.07) is 50.6. The first-order valence-electron chi connectivity index (χ1n) is 14.4. The molecular formula is C39H36IrN2Si-2. The predicted octanol–water partition coefficient (Wildman–Crippen LogP) is 8.82. The summed E-state index contributed by atoms with van der Waals surface area (Å²) in [6.07, 6.45) is 5.67. The molecule has 0 unspecified atom stereocenters. The Bertz CT molecular complexity index is 1680. The summed E-state index contributed by atoms with van der Waals surface area (Å²) in [5.41, 5.74) is 9.31. The van der Waals surface area contributed by atoms with Crippen LogP contribution in [0.4, 0.5) is 0 Å². The van der Waals surface area contributed by atoms with E-state index in [9.17, 15) is 0 Å². The average Bonchev–Trinajstić information content (AvgIpc) is 3.03. The number of rotatable bonds is 7. The van der Waals surface area contributed by atoms with Crippen molar-refractivity contribution in [3.63, 3.8) is 0 Å². The van der Waals surface area contributed by atoms with Crippen molar-refractivity contribution in [2.24, 2.45) is 0 Å². The first-order chi connectivity index (χ1) is 20.4. The fourth-order valence-corrected chi connectivity index (χ4v) is 5.86. The van der Waals surface area contributed by atoms with Gasteiger partial charge in [0.1, 0.15) is 0 Å². The van der Waals surface area contributed by atoms with E-state index >= 15 is 0 Å². The Morgan fingerprint density at radius 2 is 1.12 bits per heavy atom. The number of hydrogen-bond donors (Lipinski definition) is 0. The Morgan fingerprint density at radius 3 is 1.70 bits per heavy atom. The first-order valence-corrected chi connectivity index (χ1v) is 17.9. The van der Waals surface area contributed by atoms with Crippen LogP contribution in [-0.4, -0.2) is 18.0 Å². The Labute approximate surface area is 271 Å². The van der Waals surface area contributed by atoms with Crippen LogP contribution < -0.4 is 5.19 Å². The predicted molar refractivity (Wildman–Crippen MR) is 178 cm³/mol. The molecule has 6 rings (SSSR count). The average molecular weight is 753 g/mol. The van der Waals surface area contributed by atoms with Crippen LogP contribution in [-0.2, 0) is 32.9 Å². The van der Waals surface area contributed by atoms with Crippen molar-refractivity contribution in [2.45, 2.75) is 32.5 Å². The van der Waals surface area contributed by atoms with E-state index in [1.165, 1.54) is 27.4 Å². The molecule has 0 aliphatic carbocycles. The summed E-state index contributed by atoms with van der Waals surface area (Å²) in [7, 11) is -1.31. The molecule has 43 heavy (non-hydrogen) atoms. The van der Waals surface area contributed by atoms with Gasteiger partial charge in [0.2, 0.25) is 0 Å². The van der Waals surface area contributed by atoms with E-state index in [1.54, 1.807) is 0 Å². The van der Waals surface area contributed by atoms with E-state index < -0.39 is 8.07 Å². The van der Waals surface area contributed by atoms with Crippen LogP contribution in [0.1, 0.15) is 22.3 Å². The topological polar surface area (TPSA) is 25.8 Å². The van der Waals surface area contributed by atoms with E-state index in [-0.39, 0.29) is 20.1 Å². The molecule has 2 aromatic heterocycles. The van der Waals surface area contributed by atoms with Crippen molar-refractivity contribution in [2.75, 3.05) is 0 Å². The molecule has 2 nitrogen and oxygen atoms in total. The van der Waals surface area contributed by atoms with E-state index in [4.69, 9.17) is 0 Å². The van der Waals surface area contributed by atoms with Crippen LogP contribution in [0.25, 0.3) is 22.5 Å². The number of aromatic nitrogens is 2. The molecule has 0 spiro atoms. The van der Waals surface area contributed by atoms with Crippen LogP contribution in [0.2, 0.25) is 19.6 Å². The Morgan fingerprint density at radius 1 is 0.535 bits per heavy atom. The maximum absolute atomic E-state index is 4.53. The fraction of sp³-hybridized carbons (Fsp3) is 0.128. The third-order valence-electron chi connectivity index (χ3n) is 7.09. The molecule has 0 saturated carbocycles. The fourth-order valence-electron chi connectivity index (χ4n) is 4.72. The zero-order valence-electron chi connectivity index (χ0n) is 24.9. The molecule has 217 valence electrons. The van der Waals surface area contributed by atoms with Gasteiger partial charge in [-0.05, 0) is 47.5 Å². The molecule has 0 atom stereocenters. The molecule has 4 aromatic carbocycles. The van der Waals surface area contributed by atoms with Gasteiger partial charge in [0, 0.05) is 32.5 Å². The summed E-state index contributed by atoms with van der Waals surface area (Å²) in [4.78, 5) is 8.95. The second-order valence-electron chi connectivity index (χ2n) is 11.4. The number of benzene rings is 4. The molecule has 2 heterocycles. The largest absolute Gasteiger partial charge is 0.305 e. The number of nitrogens with zero attached hydrogens (tertiary/aromatic N) is 2. The smallest absolute Gasteiger partial charge is 0.0767 e. The third kappa shape index (κ3) is 9.52. The Balaban J connectivity index is 0.000000195. The molecule has 0 fully saturated rings. The number of pyridine rings is 2. The van der Waals surface area contributed by atoms with E-state index in [0.717, 1.165) is 35.4 Å². The maximum atomic E-state index is 4.53. The molecule has 6 aromatic rings. The molecule has 0 saturated heterocycles. The van der Waals surface area contributed by atoms with Crippen LogP contribution >= 0.6 is 0 Å². The Kier molecular flexibility index (Phi) is 11.5. The van der Waals surface area contributed by atoms with Gasteiger partial charge < -0.3 is 9.97 Å². The second-order valence-corrected chi connectivity index (χ2v) is 16.5. The van der Waals surface area contributed by atoms with Gasteiger partial charge in [-0.3, -0.25) is 0 Å². The monoisotopic (exact) mass is 753 g/mol. The van der Waals surface area contributed by atoms with Crippen LogP contribution in [0.5, 0.6) is 0 Å².